The molecule has 1 fully saturated rings. The van der Waals surface area contributed by atoms with E-state index in [1.165, 1.54) is 12.8 Å². The molecule has 1 aliphatic carbocycles. The highest BCUT2D eigenvalue weighted by Gasteiger charge is 2.35. The van der Waals surface area contributed by atoms with Crippen molar-refractivity contribution in [1.82, 2.24) is 4.90 Å². The van der Waals surface area contributed by atoms with Crippen LogP contribution in [0.1, 0.15) is 33.1 Å². The monoisotopic (exact) mass is 244 g/mol. The van der Waals surface area contributed by atoms with Crippen LogP contribution in [0, 0.1) is 0 Å². The highest BCUT2D eigenvalue weighted by Crippen LogP contribution is 2.31. The first-order valence-electron chi connectivity index (χ1n) is 6.54. The van der Waals surface area contributed by atoms with E-state index in [2.05, 4.69) is 18.7 Å². The van der Waals surface area contributed by atoms with Gasteiger partial charge in [0.1, 0.15) is 0 Å². The molecule has 0 spiro atoms. The Kier molecular flexibility index (Phi) is 5.86. The van der Waals surface area contributed by atoms with Gasteiger partial charge in [0.15, 0.2) is 0 Å². The van der Waals surface area contributed by atoms with E-state index in [0.29, 0.717) is 18.6 Å². The first kappa shape index (κ1) is 14.9. The molecule has 0 aromatic carbocycles. The number of nitrogens with two attached hydrogens (primary N) is 1. The van der Waals surface area contributed by atoms with Crippen molar-refractivity contribution in [3.8, 4) is 0 Å². The molecule has 2 N–H and O–H groups in total. The van der Waals surface area contributed by atoms with Crippen LogP contribution in [-0.4, -0.2) is 56.5 Å². The molecule has 17 heavy (non-hydrogen) atoms. The van der Waals surface area contributed by atoms with E-state index in [1.807, 2.05) is 0 Å². The SMILES string of the molecule is COCCN(C1CC1)C(CN)CC(C)(C)OC. The van der Waals surface area contributed by atoms with Gasteiger partial charge in [0.25, 0.3) is 0 Å². The first-order chi connectivity index (χ1) is 8.04. The third-order valence-electron chi connectivity index (χ3n) is 3.59. The largest absolute Gasteiger partial charge is 0.383 e. The van der Waals surface area contributed by atoms with Crippen molar-refractivity contribution in [2.45, 2.75) is 50.8 Å². The average molecular weight is 244 g/mol. The fourth-order valence-corrected chi connectivity index (χ4v) is 2.25. The van der Waals surface area contributed by atoms with E-state index in [1.54, 1.807) is 14.2 Å². The van der Waals surface area contributed by atoms with E-state index < -0.39 is 0 Å². The van der Waals surface area contributed by atoms with Gasteiger partial charge in [-0.05, 0) is 33.1 Å². The molecule has 102 valence electrons. The standard InChI is InChI=1S/C13H28N2O2/c1-13(2,17-4)9-12(10-14)15(7-8-16-3)11-5-6-11/h11-12H,5-10,14H2,1-4H3. The molecule has 0 saturated heterocycles. The van der Waals surface area contributed by atoms with Crippen molar-refractivity contribution in [3.63, 3.8) is 0 Å². The summed E-state index contributed by atoms with van der Waals surface area (Å²) in [5.41, 5.74) is 5.83. The van der Waals surface area contributed by atoms with Crippen LogP contribution in [0.2, 0.25) is 0 Å². The van der Waals surface area contributed by atoms with Crippen molar-refractivity contribution in [3.05, 3.63) is 0 Å². The molecule has 1 atom stereocenters. The minimum atomic E-state index is -0.107. The summed E-state index contributed by atoms with van der Waals surface area (Å²) in [6.45, 7) is 6.68. The van der Waals surface area contributed by atoms with Gasteiger partial charge >= 0.3 is 0 Å². The quantitative estimate of drug-likeness (QED) is 0.663. The van der Waals surface area contributed by atoms with Crippen molar-refractivity contribution in [1.29, 1.82) is 0 Å². The highest BCUT2D eigenvalue weighted by atomic mass is 16.5. The summed E-state index contributed by atoms with van der Waals surface area (Å²) in [7, 11) is 3.52. The molecule has 4 heteroatoms. The fourth-order valence-electron chi connectivity index (χ4n) is 2.25. The highest BCUT2D eigenvalue weighted by molar-refractivity contribution is 4.91. The average Bonchev–Trinajstić information content (AvgIpc) is 3.12. The van der Waals surface area contributed by atoms with Gasteiger partial charge < -0.3 is 15.2 Å². The zero-order valence-corrected chi connectivity index (χ0v) is 11.7. The maximum Gasteiger partial charge on any atom is 0.0638 e. The van der Waals surface area contributed by atoms with Crippen LogP contribution < -0.4 is 5.73 Å². The number of hydrogen-bond donors (Lipinski definition) is 1. The first-order valence-corrected chi connectivity index (χ1v) is 6.54. The lowest BCUT2D eigenvalue weighted by atomic mass is 9.97. The van der Waals surface area contributed by atoms with E-state index >= 15 is 0 Å². The summed E-state index contributed by atoms with van der Waals surface area (Å²) >= 11 is 0. The Morgan fingerprint density at radius 3 is 2.41 bits per heavy atom. The lowest BCUT2D eigenvalue weighted by Gasteiger charge is -2.36. The molecule has 0 aromatic heterocycles. The Labute approximate surface area is 105 Å². The minimum Gasteiger partial charge on any atom is -0.383 e. The van der Waals surface area contributed by atoms with Gasteiger partial charge in [-0.3, -0.25) is 4.90 Å². The second-order valence-electron chi connectivity index (χ2n) is 5.52. The van der Waals surface area contributed by atoms with Crippen molar-refractivity contribution in [2.24, 2.45) is 5.73 Å². The van der Waals surface area contributed by atoms with Gasteiger partial charge in [0.05, 0.1) is 12.2 Å². The maximum absolute atomic E-state index is 5.93. The second kappa shape index (κ2) is 6.69. The molecule has 0 aromatic rings. The van der Waals surface area contributed by atoms with Crippen molar-refractivity contribution < 1.29 is 9.47 Å². The smallest absolute Gasteiger partial charge is 0.0638 e. The van der Waals surface area contributed by atoms with Crippen LogP contribution in [0.4, 0.5) is 0 Å². The topological polar surface area (TPSA) is 47.7 Å². The Morgan fingerprint density at radius 1 is 1.35 bits per heavy atom. The van der Waals surface area contributed by atoms with Gasteiger partial charge in [-0.15, -0.1) is 0 Å². The number of nitrogens with zero attached hydrogens (tertiary/aromatic N) is 1. The van der Waals surface area contributed by atoms with Gasteiger partial charge in [-0.1, -0.05) is 0 Å². The van der Waals surface area contributed by atoms with Gasteiger partial charge in [-0.25, -0.2) is 0 Å². The van der Waals surface area contributed by atoms with Crippen molar-refractivity contribution >= 4 is 0 Å². The third kappa shape index (κ3) is 4.92. The molecular formula is C13H28N2O2. The zero-order chi connectivity index (χ0) is 12.9. The predicted molar refractivity (Wildman–Crippen MR) is 70.2 cm³/mol. The Balaban J connectivity index is 2.54. The Hall–Kier alpha value is -0.160. The van der Waals surface area contributed by atoms with Crippen LogP contribution in [-0.2, 0) is 9.47 Å². The molecular weight excluding hydrogens is 216 g/mol. The summed E-state index contributed by atoms with van der Waals surface area (Å²) in [5, 5.41) is 0. The third-order valence-corrected chi connectivity index (χ3v) is 3.59. The Morgan fingerprint density at radius 2 is 2.00 bits per heavy atom. The van der Waals surface area contributed by atoms with Crippen LogP contribution in [0.3, 0.4) is 0 Å². The second-order valence-corrected chi connectivity index (χ2v) is 5.52. The van der Waals surface area contributed by atoms with Gasteiger partial charge in [0, 0.05) is 39.4 Å². The molecule has 0 bridgehead atoms. The maximum atomic E-state index is 5.93. The van der Waals surface area contributed by atoms with E-state index in [-0.39, 0.29) is 5.60 Å². The number of rotatable bonds is 9. The van der Waals surface area contributed by atoms with E-state index in [4.69, 9.17) is 15.2 Å². The summed E-state index contributed by atoms with van der Waals surface area (Å²) in [4.78, 5) is 2.50. The van der Waals surface area contributed by atoms with E-state index in [9.17, 15) is 0 Å². The number of hydrogen-bond acceptors (Lipinski definition) is 4. The van der Waals surface area contributed by atoms with Gasteiger partial charge in [-0.2, -0.15) is 0 Å². The summed E-state index contributed by atoms with van der Waals surface area (Å²) in [6.07, 6.45) is 3.57. The van der Waals surface area contributed by atoms with Crippen LogP contribution in [0.15, 0.2) is 0 Å². The van der Waals surface area contributed by atoms with Crippen LogP contribution in [0.25, 0.3) is 0 Å². The lowest BCUT2D eigenvalue weighted by molar-refractivity contribution is -0.0119. The molecule has 4 nitrogen and oxygen atoms in total. The fraction of sp³-hybridized carbons (Fsp3) is 1.00. The Bertz CT molecular complexity index is 217. The molecule has 1 saturated carbocycles. The van der Waals surface area contributed by atoms with E-state index in [0.717, 1.165) is 19.6 Å². The molecule has 0 aliphatic heterocycles. The minimum absolute atomic E-state index is 0.107. The number of ether oxygens (including phenoxy) is 2. The van der Waals surface area contributed by atoms with Crippen LogP contribution in [0.5, 0.6) is 0 Å². The van der Waals surface area contributed by atoms with Gasteiger partial charge in [0.2, 0.25) is 0 Å². The summed E-state index contributed by atoms with van der Waals surface area (Å²) in [5.74, 6) is 0. The molecule has 0 heterocycles. The molecule has 0 amide bonds. The molecule has 1 aliphatic rings. The lowest BCUT2D eigenvalue weighted by Crippen LogP contribution is -2.47. The predicted octanol–water partition coefficient (Wildman–Crippen LogP) is 1.24. The molecule has 1 rings (SSSR count). The molecule has 1 unspecified atom stereocenters. The van der Waals surface area contributed by atoms with Crippen molar-refractivity contribution in [2.75, 3.05) is 33.9 Å². The normalized spacial score (nSPS) is 18.7. The summed E-state index contributed by atoms with van der Waals surface area (Å²) < 4.78 is 10.7. The zero-order valence-electron chi connectivity index (χ0n) is 11.7. The number of methoxy groups -OCH3 is 2. The summed E-state index contributed by atoms with van der Waals surface area (Å²) in [6, 6.07) is 1.11. The van der Waals surface area contributed by atoms with Crippen LogP contribution >= 0.6 is 0 Å². The molecule has 0 radical (unpaired) electrons.